The molecule has 0 aliphatic rings. The number of aromatic nitrogens is 2. The van der Waals surface area contributed by atoms with E-state index >= 15 is 0 Å². The predicted molar refractivity (Wildman–Crippen MR) is 95.6 cm³/mol. The van der Waals surface area contributed by atoms with Gasteiger partial charge in [0.2, 0.25) is 5.91 Å². The van der Waals surface area contributed by atoms with Crippen LogP contribution in [0.3, 0.4) is 0 Å². The summed E-state index contributed by atoms with van der Waals surface area (Å²) in [5.41, 5.74) is 7.28. The standard InChI is InChI=1S/C18H25N5O2/c1-3-13(2)16(22-18(19)25)17(24)20-11-14-7-4-5-8-15(14)12-23-10-6-9-21-23/h4-10,13,16H,3,11-12H2,1-2H3,(H,20,24)(H3,19,22,25). The summed E-state index contributed by atoms with van der Waals surface area (Å²) in [6, 6.07) is 8.41. The highest BCUT2D eigenvalue weighted by molar-refractivity contribution is 5.86. The smallest absolute Gasteiger partial charge is 0.312 e. The summed E-state index contributed by atoms with van der Waals surface area (Å²) in [5, 5.41) is 9.64. The van der Waals surface area contributed by atoms with Crippen LogP contribution in [0.25, 0.3) is 0 Å². The zero-order valence-corrected chi connectivity index (χ0v) is 14.6. The van der Waals surface area contributed by atoms with E-state index in [0.717, 1.165) is 17.5 Å². The van der Waals surface area contributed by atoms with Gasteiger partial charge in [-0.15, -0.1) is 0 Å². The van der Waals surface area contributed by atoms with Gasteiger partial charge < -0.3 is 16.4 Å². The quantitative estimate of drug-likeness (QED) is 0.679. The van der Waals surface area contributed by atoms with Crippen molar-refractivity contribution in [3.63, 3.8) is 0 Å². The summed E-state index contributed by atoms with van der Waals surface area (Å²) in [5.74, 6) is -0.242. The average molecular weight is 343 g/mol. The Labute approximate surface area is 147 Å². The Kier molecular flexibility index (Phi) is 6.56. The number of benzene rings is 1. The summed E-state index contributed by atoms with van der Waals surface area (Å²) in [6.45, 7) is 4.88. The minimum atomic E-state index is -0.695. The van der Waals surface area contributed by atoms with Gasteiger partial charge in [-0.25, -0.2) is 4.79 Å². The maximum absolute atomic E-state index is 12.5. The molecule has 1 aromatic heterocycles. The third-order valence-electron chi connectivity index (χ3n) is 4.26. The number of hydrogen-bond acceptors (Lipinski definition) is 3. The molecule has 0 spiro atoms. The van der Waals surface area contributed by atoms with Crippen LogP contribution < -0.4 is 16.4 Å². The molecular formula is C18H25N5O2. The van der Waals surface area contributed by atoms with E-state index in [1.54, 1.807) is 6.20 Å². The first-order chi connectivity index (χ1) is 12.0. The first-order valence-electron chi connectivity index (χ1n) is 8.39. The number of nitrogens with two attached hydrogens (primary N) is 1. The normalized spacial score (nSPS) is 13.0. The molecule has 7 heteroatoms. The maximum Gasteiger partial charge on any atom is 0.312 e. The van der Waals surface area contributed by atoms with Gasteiger partial charge in [-0.05, 0) is 23.1 Å². The lowest BCUT2D eigenvalue weighted by Gasteiger charge is -2.23. The molecule has 2 aromatic rings. The van der Waals surface area contributed by atoms with Crippen molar-refractivity contribution in [2.75, 3.05) is 0 Å². The number of hydrogen-bond donors (Lipinski definition) is 3. The van der Waals surface area contributed by atoms with Gasteiger partial charge in [-0.3, -0.25) is 9.48 Å². The van der Waals surface area contributed by atoms with Gasteiger partial charge in [0, 0.05) is 18.9 Å². The summed E-state index contributed by atoms with van der Waals surface area (Å²) in [7, 11) is 0. The fourth-order valence-electron chi connectivity index (χ4n) is 2.60. The maximum atomic E-state index is 12.5. The minimum Gasteiger partial charge on any atom is -0.352 e. The lowest BCUT2D eigenvalue weighted by molar-refractivity contribution is -0.124. The molecule has 2 rings (SSSR count). The third-order valence-corrected chi connectivity index (χ3v) is 4.26. The van der Waals surface area contributed by atoms with Crippen molar-refractivity contribution in [3.8, 4) is 0 Å². The van der Waals surface area contributed by atoms with Crippen molar-refractivity contribution in [3.05, 3.63) is 53.9 Å². The predicted octanol–water partition coefficient (Wildman–Crippen LogP) is 1.63. The molecule has 4 N–H and O–H groups in total. The number of carbonyl (C=O) groups is 2. The van der Waals surface area contributed by atoms with Gasteiger partial charge in [0.15, 0.2) is 0 Å². The number of rotatable bonds is 8. The molecule has 134 valence electrons. The van der Waals surface area contributed by atoms with Crippen molar-refractivity contribution in [1.29, 1.82) is 0 Å². The van der Waals surface area contributed by atoms with Gasteiger partial charge >= 0.3 is 6.03 Å². The number of amides is 3. The molecule has 0 radical (unpaired) electrons. The van der Waals surface area contributed by atoms with Crippen molar-refractivity contribution in [2.24, 2.45) is 11.7 Å². The first-order valence-corrected chi connectivity index (χ1v) is 8.39. The van der Waals surface area contributed by atoms with Crippen LogP contribution in [0.2, 0.25) is 0 Å². The molecule has 1 heterocycles. The van der Waals surface area contributed by atoms with Crippen LogP contribution >= 0.6 is 0 Å². The van der Waals surface area contributed by atoms with Crippen LogP contribution in [0.15, 0.2) is 42.7 Å². The zero-order chi connectivity index (χ0) is 18.2. The topological polar surface area (TPSA) is 102 Å². The van der Waals surface area contributed by atoms with Crippen LogP contribution in [0.1, 0.15) is 31.4 Å². The SMILES string of the molecule is CCC(C)C(NC(N)=O)C(=O)NCc1ccccc1Cn1cccn1. The van der Waals surface area contributed by atoms with E-state index in [2.05, 4.69) is 15.7 Å². The number of primary amides is 1. The highest BCUT2D eigenvalue weighted by Gasteiger charge is 2.24. The highest BCUT2D eigenvalue weighted by Crippen LogP contribution is 2.12. The monoisotopic (exact) mass is 343 g/mol. The molecule has 3 amide bonds. The third kappa shape index (κ3) is 5.34. The molecule has 0 aliphatic carbocycles. The van der Waals surface area contributed by atoms with Crippen molar-refractivity contribution in [2.45, 2.75) is 39.4 Å². The van der Waals surface area contributed by atoms with Crippen LogP contribution in [-0.2, 0) is 17.9 Å². The molecule has 0 aliphatic heterocycles. The van der Waals surface area contributed by atoms with Gasteiger partial charge in [0.1, 0.15) is 6.04 Å². The second-order valence-electron chi connectivity index (χ2n) is 6.06. The van der Waals surface area contributed by atoms with Crippen LogP contribution in [0, 0.1) is 5.92 Å². The van der Waals surface area contributed by atoms with E-state index in [1.165, 1.54) is 0 Å². The van der Waals surface area contributed by atoms with E-state index < -0.39 is 12.1 Å². The van der Waals surface area contributed by atoms with Crippen LogP contribution in [0.4, 0.5) is 4.79 Å². The van der Waals surface area contributed by atoms with Crippen LogP contribution in [0.5, 0.6) is 0 Å². The van der Waals surface area contributed by atoms with E-state index in [4.69, 9.17) is 5.73 Å². The van der Waals surface area contributed by atoms with E-state index in [9.17, 15) is 9.59 Å². The Balaban J connectivity index is 2.04. The van der Waals surface area contributed by atoms with Gasteiger partial charge in [-0.2, -0.15) is 5.10 Å². The first kappa shape index (κ1) is 18.5. The molecular weight excluding hydrogens is 318 g/mol. The van der Waals surface area contributed by atoms with Crippen molar-refractivity contribution in [1.82, 2.24) is 20.4 Å². The van der Waals surface area contributed by atoms with Gasteiger partial charge in [-0.1, -0.05) is 44.5 Å². The summed E-state index contributed by atoms with van der Waals surface area (Å²) in [6.07, 6.45) is 4.38. The Bertz CT molecular complexity index is 699. The molecule has 2 unspecified atom stereocenters. The van der Waals surface area contributed by atoms with Gasteiger partial charge in [0.25, 0.3) is 0 Å². The van der Waals surface area contributed by atoms with E-state index in [0.29, 0.717) is 13.1 Å². The molecule has 0 fully saturated rings. The van der Waals surface area contributed by atoms with Crippen LogP contribution in [-0.4, -0.2) is 27.8 Å². The largest absolute Gasteiger partial charge is 0.352 e. The summed E-state index contributed by atoms with van der Waals surface area (Å²) >= 11 is 0. The lowest BCUT2D eigenvalue weighted by Crippen LogP contribution is -2.51. The fraction of sp³-hybridized carbons (Fsp3) is 0.389. The molecule has 7 nitrogen and oxygen atoms in total. The lowest BCUT2D eigenvalue weighted by atomic mass is 9.98. The number of urea groups is 1. The second kappa shape index (κ2) is 8.86. The average Bonchev–Trinajstić information content (AvgIpc) is 3.11. The highest BCUT2D eigenvalue weighted by atomic mass is 16.2. The van der Waals surface area contributed by atoms with Crippen molar-refractivity contribution >= 4 is 11.9 Å². The molecule has 0 saturated carbocycles. The zero-order valence-electron chi connectivity index (χ0n) is 14.6. The minimum absolute atomic E-state index is 0.00758. The Morgan fingerprint density at radius 2 is 1.96 bits per heavy atom. The van der Waals surface area contributed by atoms with E-state index in [-0.39, 0.29) is 11.8 Å². The number of carbonyl (C=O) groups excluding carboxylic acids is 2. The number of nitrogens with zero attached hydrogens (tertiary/aromatic N) is 2. The summed E-state index contributed by atoms with van der Waals surface area (Å²) < 4.78 is 1.83. The molecule has 0 bridgehead atoms. The molecule has 0 saturated heterocycles. The van der Waals surface area contributed by atoms with E-state index in [1.807, 2.05) is 55.1 Å². The molecule has 1 aromatic carbocycles. The van der Waals surface area contributed by atoms with Crippen molar-refractivity contribution < 1.29 is 9.59 Å². The molecule has 2 atom stereocenters. The Morgan fingerprint density at radius 3 is 2.56 bits per heavy atom. The Morgan fingerprint density at radius 1 is 1.24 bits per heavy atom. The fourth-order valence-corrected chi connectivity index (χ4v) is 2.60. The second-order valence-corrected chi connectivity index (χ2v) is 6.06. The number of nitrogens with one attached hydrogen (secondary N) is 2. The molecule has 25 heavy (non-hydrogen) atoms. The summed E-state index contributed by atoms with van der Waals surface area (Å²) in [4.78, 5) is 23.6. The Hall–Kier alpha value is -2.83. The van der Waals surface area contributed by atoms with Gasteiger partial charge in [0.05, 0.1) is 6.54 Å².